The Bertz CT molecular complexity index is 1080. The maximum Gasteiger partial charge on any atom is 0.407 e. The monoisotopic (exact) mass is 478 g/mol. The highest BCUT2D eigenvalue weighted by Crippen LogP contribution is 2.46. The molecule has 4 atom stereocenters. The van der Waals surface area contributed by atoms with Gasteiger partial charge in [-0.3, -0.25) is 9.59 Å². The lowest BCUT2D eigenvalue weighted by Crippen LogP contribution is -2.55. The number of carbonyl (C=O) groups is 3. The van der Waals surface area contributed by atoms with E-state index in [0.29, 0.717) is 12.8 Å². The smallest absolute Gasteiger partial charge is 0.407 e. The molecule has 0 heterocycles. The normalized spacial score (nSPS) is 23.5. The minimum Gasteiger partial charge on any atom is -0.480 e. The third kappa shape index (κ3) is 4.77. The fourth-order valence-electron chi connectivity index (χ4n) is 5.64. The van der Waals surface area contributed by atoms with E-state index in [-0.39, 0.29) is 36.3 Å². The molecule has 1 saturated carbocycles. The Labute approximate surface area is 206 Å². The number of amides is 2. The number of nitrogens with one attached hydrogen (secondary N) is 2. The molecule has 4 rings (SSSR count). The highest BCUT2D eigenvalue weighted by molar-refractivity contribution is 5.85. The van der Waals surface area contributed by atoms with Crippen LogP contribution in [0.2, 0.25) is 0 Å². The van der Waals surface area contributed by atoms with Crippen LogP contribution in [0, 0.1) is 17.3 Å². The van der Waals surface area contributed by atoms with Gasteiger partial charge in [-0.25, -0.2) is 4.79 Å². The molecule has 0 aromatic heterocycles. The molecule has 2 aromatic carbocycles. The lowest BCUT2D eigenvalue weighted by molar-refractivity contribution is -0.144. The SMILES string of the molecule is CC1C(NC(=O)OCC2c3ccccc3-c3ccccc32)CCC(C(=O)N[C@H](C)C(=O)O)C1(C)C. The molecular formula is C28H34N2O5. The Morgan fingerprint density at radius 3 is 2.17 bits per heavy atom. The molecule has 7 nitrogen and oxygen atoms in total. The van der Waals surface area contributed by atoms with Gasteiger partial charge in [0, 0.05) is 17.9 Å². The molecule has 1 fully saturated rings. The minimum atomic E-state index is -1.06. The van der Waals surface area contributed by atoms with Crippen LogP contribution in [0.1, 0.15) is 57.6 Å². The second-order valence-corrected chi connectivity index (χ2v) is 10.4. The highest BCUT2D eigenvalue weighted by Gasteiger charge is 2.47. The predicted molar refractivity (Wildman–Crippen MR) is 133 cm³/mol. The number of ether oxygens (including phenoxy) is 1. The minimum absolute atomic E-state index is 0.00216. The van der Waals surface area contributed by atoms with Crippen molar-refractivity contribution in [1.29, 1.82) is 0 Å². The summed E-state index contributed by atoms with van der Waals surface area (Å²) in [6.07, 6.45) is 0.722. The van der Waals surface area contributed by atoms with E-state index in [0.717, 1.165) is 11.1 Å². The third-order valence-corrected chi connectivity index (χ3v) is 8.13. The molecule has 7 heteroatoms. The summed E-state index contributed by atoms with van der Waals surface area (Å²) in [4.78, 5) is 36.7. The van der Waals surface area contributed by atoms with E-state index in [9.17, 15) is 14.4 Å². The number of hydrogen-bond donors (Lipinski definition) is 3. The summed E-state index contributed by atoms with van der Waals surface area (Å²) in [5, 5.41) is 14.7. The summed E-state index contributed by atoms with van der Waals surface area (Å²) in [5.74, 6) is -1.66. The summed E-state index contributed by atoms with van der Waals surface area (Å²) in [6, 6.07) is 15.4. The predicted octanol–water partition coefficient (Wildman–Crippen LogP) is 4.56. The lowest BCUT2D eigenvalue weighted by Gasteiger charge is -2.47. The Hall–Kier alpha value is -3.35. The van der Waals surface area contributed by atoms with Crippen molar-refractivity contribution < 1.29 is 24.2 Å². The first kappa shape index (κ1) is 24.8. The van der Waals surface area contributed by atoms with E-state index in [1.807, 2.05) is 45.0 Å². The zero-order chi connectivity index (χ0) is 25.3. The van der Waals surface area contributed by atoms with Gasteiger partial charge in [0.25, 0.3) is 0 Å². The summed E-state index contributed by atoms with van der Waals surface area (Å²) >= 11 is 0. The molecule has 0 bridgehead atoms. The first-order valence-corrected chi connectivity index (χ1v) is 12.3. The molecule has 2 aromatic rings. The number of alkyl carbamates (subject to hydrolysis) is 1. The number of fused-ring (bicyclic) bond motifs is 3. The van der Waals surface area contributed by atoms with Gasteiger partial charge in [-0.1, -0.05) is 69.3 Å². The average Bonchev–Trinajstić information content (AvgIpc) is 3.14. The lowest BCUT2D eigenvalue weighted by atomic mass is 9.60. The summed E-state index contributed by atoms with van der Waals surface area (Å²) in [5.41, 5.74) is 4.26. The quantitative estimate of drug-likeness (QED) is 0.565. The van der Waals surface area contributed by atoms with Gasteiger partial charge in [0.15, 0.2) is 0 Å². The molecule has 186 valence electrons. The highest BCUT2D eigenvalue weighted by atomic mass is 16.5. The number of carboxylic acid groups (broad SMARTS) is 1. The maximum atomic E-state index is 12.8. The van der Waals surface area contributed by atoms with Crippen LogP contribution in [0.15, 0.2) is 48.5 Å². The third-order valence-electron chi connectivity index (χ3n) is 8.13. The van der Waals surface area contributed by atoms with Crippen molar-refractivity contribution in [3.05, 3.63) is 59.7 Å². The number of benzene rings is 2. The van der Waals surface area contributed by atoms with Gasteiger partial charge in [-0.2, -0.15) is 0 Å². The molecule has 0 aliphatic heterocycles. The van der Waals surface area contributed by atoms with Crippen LogP contribution < -0.4 is 10.6 Å². The van der Waals surface area contributed by atoms with E-state index >= 15 is 0 Å². The first-order chi connectivity index (χ1) is 16.6. The van der Waals surface area contributed by atoms with Crippen LogP contribution in [0.25, 0.3) is 11.1 Å². The Balaban J connectivity index is 1.37. The number of rotatable bonds is 6. The number of aliphatic carboxylic acids is 1. The molecule has 2 aliphatic rings. The maximum absolute atomic E-state index is 12.8. The molecule has 0 spiro atoms. The standard InChI is InChI=1S/C28H34N2O5/c1-16-24(14-13-23(28(16,3)4)25(31)29-17(2)26(32)33)30-27(34)35-15-22-20-11-7-5-9-18(20)19-10-6-8-12-21(19)22/h5-12,16-17,22-24H,13-15H2,1-4H3,(H,29,31)(H,30,34)(H,32,33)/t16?,17-,23?,24?/m1/s1. The molecule has 2 aliphatic carbocycles. The fourth-order valence-corrected chi connectivity index (χ4v) is 5.64. The molecular weight excluding hydrogens is 444 g/mol. The Morgan fingerprint density at radius 1 is 1.03 bits per heavy atom. The van der Waals surface area contributed by atoms with E-state index in [2.05, 4.69) is 34.9 Å². The number of carboxylic acids is 1. The Morgan fingerprint density at radius 2 is 1.60 bits per heavy atom. The molecule has 0 radical (unpaired) electrons. The second kappa shape index (κ2) is 9.72. The van der Waals surface area contributed by atoms with Crippen LogP contribution in [-0.2, 0) is 14.3 Å². The van der Waals surface area contributed by atoms with Crippen molar-refractivity contribution in [1.82, 2.24) is 10.6 Å². The first-order valence-electron chi connectivity index (χ1n) is 12.3. The summed E-state index contributed by atoms with van der Waals surface area (Å²) in [7, 11) is 0. The average molecular weight is 479 g/mol. The number of carbonyl (C=O) groups excluding carboxylic acids is 2. The van der Waals surface area contributed by atoms with Crippen molar-refractivity contribution in [3.63, 3.8) is 0 Å². The van der Waals surface area contributed by atoms with Gasteiger partial charge in [0.2, 0.25) is 5.91 Å². The topological polar surface area (TPSA) is 105 Å². The number of hydrogen-bond acceptors (Lipinski definition) is 4. The van der Waals surface area contributed by atoms with Gasteiger partial charge in [-0.05, 0) is 53.4 Å². The van der Waals surface area contributed by atoms with E-state index in [4.69, 9.17) is 9.84 Å². The Kier molecular flexibility index (Phi) is 6.88. The molecule has 3 unspecified atom stereocenters. The van der Waals surface area contributed by atoms with E-state index in [1.54, 1.807) is 0 Å². The zero-order valence-corrected chi connectivity index (χ0v) is 20.7. The van der Waals surface area contributed by atoms with Crippen molar-refractivity contribution in [2.24, 2.45) is 17.3 Å². The van der Waals surface area contributed by atoms with Gasteiger partial charge < -0.3 is 20.5 Å². The van der Waals surface area contributed by atoms with Crippen LogP contribution >= 0.6 is 0 Å². The largest absolute Gasteiger partial charge is 0.480 e. The van der Waals surface area contributed by atoms with Crippen molar-refractivity contribution in [3.8, 4) is 11.1 Å². The van der Waals surface area contributed by atoms with E-state index in [1.165, 1.54) is 18.1 Å². The molecule has 2 amide bonds. The fraction of sp³-hybridized carbons (Fsp3) is 0.464. The van der Waals surface area contributed by atoms with E-state index < -0.39 is 23.5 Å². The van der Waals surface area contributed by atoms with Gasteiger partial charge in [0.1, 0.15) is 12.6 Å². The van der Waals surface area contributed by atoms with Gasteiger partial charge >= 0.3 is 12.1 Å². The van der Waals surface area contributed by atoms with Crippen molar-refractivity contribution >= 4 is 18.0 Å². The molecule has 35 heavy (non-hydrogen) atoms. The summed E-state index contributed by atoms with van der Waals surface area (Å²) in [6.45, 7) is 7.73. The molecule has 3 N–H and O–H groups in total. The molecule has 0 saturated heterocycles. The van der Waals surface area contributed by atoms with Gasteiger partial charge in [-0.15, -0.1) is 0 Å². The van der Waals surface area contributed by atoms with Crippen LogP contribution in [0.5, 0.6) is 0 Å². The van der Waals surface area contributed by atoms with Crippen LogP contribution in [-0.4, -0.2) is 41.8 Å². The summed E-state index contributed by atoms with van der Waals surface area (Å²) < 4.78 is 5.72. The van der Waals surface area contributed by atoms with Gasteiger partial charge in [0.05, 0.1) is 0 Å². The van der Waals surface area contributed by atoms with Crippen LogP contribution in [0.3, 0.4) is 0 Å². The van der Waals surface area contributed by atoms with Crippen LogP contribution in [0.4, 0.5) is 4.79 Å². The zero-order valence-electron chi connectivity index (χ0n) is 20.7. The van der Waals surface area contributed by atoms with Crippen molar-refractivity contribution in [2.75, 3.05) is 6.61 Å². The van der Waals surface area contributed by atoms with Crippen molar-refractivity contribution in [2.45, 2.75) is 58.5 Å². The second-order valence-electron chi connectivity index (χ2n) is 10.4.